The maximum Gasteiger partial charge on any atom is 0.251 e. The molecule has 1 aromatic rings. The highest BCUT2D eigenvalue weighted by Gasteiger charge is 2.24. The molecule has 1 saturated heterocycles. The van der Waals surface area contributed by atoms with Crippen molar-refractivity contribution < 1.29 is 9.53 Å². The summed E-state index contributed by atoms with van der Waals surface area (Å²) >= 11 is 0. The standard InChI is InChI=1S/C17H26N2O2/c1-4-9-18-14-7-8-15(12(2)11-14)17(20)19-13(3)16-6-5-10-21-16/h7-8,11,13,16,18H,4-6,9-10H2,1-3H3,(H,19,20). The van der Waals surface area contributed by atoms with Gasteiger partial charge >= 0.3 is 0 Å². The van der Waals surface area contributed by atoms with Gasteiger partial charge in [0, 0.05) is 24.4 Å². The van der Waals surface area contributed by atoms with Crippen LogP contribution >= 0.6 is 0 Å². The number of aryl methyl sites for hydroxylation is 1. The van der Waals surface area contributed by atoms with Crippen LogP contribution in [0.15, 0.2) is 18.2 Å². The number of benzene rings is 1. The fourth-order valence-corrected chi connectivity index (χ4v) is 2.67. The first-order valence-electron chi connectivity index (χ1n) is 7.88. The number of carbonyl (C=O) groups excluding carboxylic acids is 1. The molecular weight excluding hydrogens is 264 g/mol. The summed E-state index contributed by atoms with van der Waals surface area (Å²) in [6.07, 6.45) is 3.35. The van der Waals surface area contributed by atoms with Gasteiger partial charge in [0.05, 0.1) is 12.1 Å². The largest absolute Gasteiger partial charge is 0.385 e. The zero-order chi connectivity index (χ0) is 15.2. The molecule has 1 amide bonds. The van der Waals surface area contributed by atoms with Crippen LogP contribution in [0.3, 0.4) is 0 Å². The number of ether oxygens (including phenoxy) is 1. The second-order valence-electron chi connectivity index (χ2n) is 5.77. The molecule has 0 bridgehead atoms. The predicted octanol–water partition coefficient (Wildman–Crippen LogP) is 3.11. The summed E-state index contributed by atoms with van der Waals surface area (Å²) in [5, 5.41) is 6.39. The normalized spacial score (nSPS) is 19.3. The third-order valence-corrected chi connectivity index (χ3v) is 3.93. The van der Waals surface area contributed by atoms with E-state index >= 15 is 0 Å². The Labute approximate surface area is 127 Å². The monoisotopic (exact) mass is 290 g/mol. The van der Waals surface area contributed by atoms with E-state index in [-0.39, 0.29) is 18.1 Å². The van der Waals surface area contributed by atoms with Crippen molar-refractivity contribution in [2.24, 2.45) is 0 Å². The van der Waals surface area contributed by atoms with Crippen molar-refractivity contribution in [1.82, 2.24) is 5.32 Å². The molecule has 1 aliphatic heterocycles. The minimum atomic E-state index is -0.0162. The van der Waals surface area contributed by atoms with Gasteiger partial charge in [0.2, 0.25) is 0 Å². The van der Waals surface area contributed by atoms with Crippen LogP contribution in [-0.4, -0.2) is 31.2 Å². The number of nitrogens with one attached hydrogen (secondary N) is 2. The highest BCUT2D eigenvalue weighted by atomic mass is 16.5. The van der Waals surface area contributed by atoms with E-state index in [1.807, 2.05) is 32.0 Å². The van der Waals surface area contributed by atoms with Gasteiger partial charge in [0.1, 0.15) is 0 Å². The quantitative estimate of drug-likeness (QED) is 0.846. The summed E-state index contributed by atoms with van der Waals surface area (Å²) in [6.45, 7) is 7.88. The van der Waals surface area contributed by atoms with Crippen LogP contribution in [0.25, 0.3) is 0 Å². The van der Waals surface area contributed by atoms with Crippen LogP contribution in [0, 0.1) is 6.92 Å². The lowest BCUT2D eigenvalue weighted by Crippen LogP contribution is -2.41. The molecule has 0 aromatic heterocycles. The molecule has 4 nitrogen and oxygen atoms in total. The number of anilines is 1. The van der Waals surface area contributed by atoms with Crippen molar-refractivity contribution in [3.63, 3.8) is 0 Å². The van der Waals surface area contributed by atoms with Crippen LogP contribution in [0.5, 0.6) is 0 Å². The molecule has 2 N–H and O–H groups in total. The summed E-state index contributed by atoms with van der Waals surface area (Å²) in [7, 11) is 0. The Morgan fingerprint density at radius 1 is 1.48 bits per heavy atom. The summed E-state index contributed by atoms with van der Waals surface area (Å²) in [5.41, 5.74) is 2.80. The van der Waals surface area contributed by atoms with E-state index in [0.29, 0.717) is 0 Å². The van der Waals surface area contributed by atoms with E-state index in [1.54, 1.807) is 0 Å². The third-order valence-electron chi connectivity index (χ3n) is 3.93. The molecule has 0 radical (unpaired) electrons. The van der Waals surface area contributed by atoms with Crippen LogP contribution < -0.4 is 10.6 Å². The van der Waals surface area contributed by atoms with Gasteiger partial charge in [-0.3, -0.25) is 4.79 Å². The third kappa shape index (κ3) is 4.21. The van der Waals surface area contributed by atoms with E-state index in [9.17, 15) is 4.79 Å². The summed E-state index contributed by atoms with van der Waals surface area (Å²) in [6, 6.07) is 5.94. The van der Waals surface area contributed by atoms with E-state index in [4.69, 9.17) is 4.74 Å². The Bertz CT molecular complexity index is 482. The Morgan fingerprint density at radius 2 is 2.29 bits per heavy atom. The fraction of sp³-hybridized carbons (Fsp3) is 0.588. The number of rotatable bonds is 6. The number of hydrogen-bond acceptors (Lipinski definition) is 3. The van der Waals surface area contributed by atoms with E-state index in [1.165, 1.54) is 0 Å². The molecule has 0 spiro atoms. The second kappa shape index (κ2) is 7.46. The molecule has 2 atom stereocenters. The van der Waals surface area contributed by atoms with Gasteiger partial charge in [0.15, 0.2) is 0 Å². The van der Waals surface area contributed by atoms with Crippen LogP contribution in [0.4, 0.5) is 5.69 Å². The number of amides is 1. The van der Waals surface area contributed by atoms with E-state index in [0.717, 1.165) is 49.2 Å². The lowest BCUT2D eigenvalue weighted by molar-refractivity contribution is 0.0712. The summed E-state index contributed by atoms with van der Waals surface area (Å²) in [4.78, 5) is 12.4. The van der Waals surface area contributed by atoms with Gasteiger partial charge in [-0.2, -0.15) is 0 Å². The SMILES string of the molecule is CCCNc1ccc(C(=O)NC(C)C2CCCO2)c(C)c1. The van der Waals surface area contributed by atoms with Crippen molar-refractivity contribution >= 4 is 11.6 Å². The number of hydrogen-bond donors (Lipinski definition) is 2. The lowest BCUT2D eigenvalue weighted by Gasteiger charge is -2.20. The molecule has 1 aliphatic rings. The average Bonchev–Trinajstić information content (AvgIpc) is 2.99. The highest BCUT2D eigenvalue weighted by Crippen LogP contribution is 2.18. The van der Waals surface area contributed by atoms with Crippen LogP contribution in [0.1, 0.15) is 49.0 Å². The first kappa shape index (κ1) is 15.8. The molecule has 2 unspecified atom stereocenters. The zero-order valence-electron chi connectivity index (χ0n) is 13.2. The molecule has 1 aromatic carbocycles. The maximum atomic E-state index is 12.4. The maximum absolute atomic E-state index is 12.4. The molecular formula is C17H26N2O2. The molecule has 21 heavy (non-hydrogen) atoms. The van der Waals surface area contributed by atoms with E-state index in [2.05, 4.69) is 17.6 Å². The first-order chi connectivity index (χ1) is 10.1. The van der Waals surface area contributed by atoms with Gasteiger partial charge < -0.3 is 15.4 Å². The Kier molecular flexibility index (Phi) is 5.62. The van der Waals surface area contributed by atoms with Gasteiger partial charge in [0.25, 0.3) is 5.91 Å². The van der Waals surface area contributed by atoms with Crippen molar-refractivity contribution in [3.8, 4) is 0 Å². The van der Waals surface area contributed by atoms with Crippen LogP contribution in [0.2, 0.25) is 0 Å². The molecule has 0 aliphatic carbocycles. The topological polar surface area (TPSA) is 50.4 Å². The van der Waals surface area contributed by atoms with Crippen molar-refractivity contribution in [2.75, 3.05) is 18.5 Å². The minimum absolute atomic E-state index is 0.0162. The lowest BCUT2D eigenvalue weighted by atomic mass is 10.1. The Morgan fingerprint density at radius 3 is 2.90 bits per heavy atom. The number of carbonyl (C=O) groups is 1. The van der Waals surface area contributed by atoms with Crippen molar-refractivity contribution in [2.45, 2.75) is 52.2 Å². The molecule has 4 heteroatoms. The smallest absolute Gasteiger partial charge is 0.251 e. The van der Waals surface area contributed by atoms with Crippen LogP contribution in [-0.2, 0) is 4.74 Å². The highest BCUT2D eigenvalue weighted by molar-refractivity contribution is 5.96. The van der Waals surface area contributed by atoms with E-state index < -0.39 is 0 Å². The van der Waals surface area contributed by atoms with Gasteiger partial charge in [-0.25, -0.2) is 0 Å². The van der Waals surface area contributed by atoms with Gasteiger partial charge in [-0.1, -0.05) is 6.92 Å². The zero-order valence-corrected chi connectivity index (χ0v) is 13.2. The average molecular weight is 290 g/mol. The molecule has 1 fully saturated rings. The molecule has 0 saturated carbocycles. The predicted molar refractivity (Wildman–Crippen MR) is 85.9 cm³/mol. The molecule has 116 valence electrons. The van der Waals surface area contributed by atoms with Gasteiger partial charge in [-0.15, -0.1) is 0 Å². The Balaban J connectivity index is 1.98. The molecule has 2 rings (SSSR count). The van der Waals surface area contributed by atoms with Crippen molar-refractivity contribution in [3.05, 3.63) is 29.3 Å². The molecule has 1 heterocycles. The summed E-state index contributed by atoms with van der Waals surface area (Å²) < 4.78 is 5.62. The minimum Gasteiger partial charge on any atom is -0.385 e. The van der Waals surface area contributed by atoms with Gasteiger partial charge in [-0.05, 0) is 56.9 Å². The fourth-order valence-electron chi connectivity index (χ4n) is 2.67. The second-order valence-corrected chi connectivity index (χ2v) is 5.77. The summed E-state index contributed by atoms with van der Waals surface area (Å²) in [5.74, 6) is -0.0162. The Hall–Kier alpha value is -1.55. The first-order valence-corrected chi connectivity index (χ1v) is 7.88. The van der Waals surface area contributed by atoms with Crippen molar-refractivity contribution in [1.29, 1.82) is 0 Å².